The first-order valence-corrected chi connectivity index (χ1v) is 7.75. The second-order valence-corrected chi connectivity index (χ2v) is 6.58. The van der Waals surface area contributed by atoms with Crippen LogP contribution in [0, 0.1) is 17.3 Å². The number of likely N-dealkylation sites (tertiary alicyclic amines) is 1. The van der Waals surface area contributed by atoms with E-state index in [1.165, 1.54) is 19.3 Å². The molecule has 0 bridgehead atoms. The Labute approximate surface area is 110 Å². The number of nitrogens with zero attached hydrogens (tertiary/aromatic N) is 1. The van der Waals surface area contributed by atoms with Crippen LogP contribution in [0.5, 0.6) is 0 Å². The Hall–Kier alpha value is -0.570. The molecule has 0 aromatic heterocycles. The summed E-state index contributed by atoms with van der Waals surface area (Å²) in [6.45, 7) is 6.26. The predicted octanol–water partition coefficient (Wildman–Crippen LogP) is 2.02. The van der Waals surface area contributed by atoms with Crippen LogP contribution in [0.3, 0.4) is 0 Å². The van der Waals surface area contributed by atoms with Gasteiger partial charge in [-0.25, -0.2) is 0 Å². The first-order chi connectivity index (χ1) is 8.75. The van der Waals surface area contributed by atoms with Crippen molar-refractivity contribution in [1.82, 2.24) is 10.2 Å². The SMILES string of the molecule is CCC1(C(=O)N2CC3CCCC3C2)CCCNC1. The summed E-state index contributed by atoms with van der Waals surface area (Å²) in [5, 5.41) is 3.43. The highest BCUT2D eigenvalue weighted by molar-refractivity contribution is 5.83. The van der Waals surface area contributed by atoms with Gasteiger partial charge in [0.05, 0.1) is 5.41 Å². The van der Waals surface area contributed by atoms with E-state index in [0.717, 1.165) is 57.3 Å². The summed E-state index contributed by atoms with van der Waals surface area (Å²) in [5.41, 5.74) is -0.0864. The summed E-state index contributed by atoms with van der Waals surface area (Å²) in [6, 6.07) is 0. The van der Waals surface area contributed by atoms with Crippen LogP contribution >= 0.6 is 0 Å². The Morgan fingerprint density at radius 3 is 2.56 bits per heavy atom. The maximum absolute atomic E-state index is 12.9. The molecule has 18 heavy (non-hydrogen) atoms. The largest absolute Gasteiger partial charge is 0.342 e. The van der Waals surface area contributed by atoms with Crippen LogP contribution in [0.15, 0.2) is 0 Å². The topological polar surface area (TPSA) is 32.3 Å². The van der Waals surface area contributed by atoms with Gasteiger partial charge in [-0.05, 0) is 50.5 Å². The van der Waals surface area contributed by atoms with Crippen LogP contribution in [0.2, 0.25) is 0 Å². The first kappa shape index (κ1) is 12.5. The van der Waals surface area contributed by atoms with Gasteiger partial charge in [-0.3, -0.25) is 4.79 Å². The number of hydrogen-bond acceptors (Lipinski definition) is 2. The number of amides is 1. The van der Waals surface area contributed by atoms with Crippen molar-refractivity contribution in [3.05, 3.63) is 0 Å². The maximum Gasteiger partial charge on any atom is 0.230 e. The molecule has 1 amide bonds. The molecule has 2 saturated heterocycles. The van der Waals surface area contributed by atoms with E-state index in [-0.39, 0.29) is 5.41 Å². The number of carbonyl (C=O) groups excluding carboxylic acids is 1. The van der Waals surface area contributed by atoms with Gasteiger partial charge in [0.25, 0.3) is 0 Å². The maximum atomic E-state index is 12.9. The molecule has 1 saturated carbocycles. The second-order valence-electron chi connectivity index (χ2n) is 6.58. The molecule has 3 rings (SSSR count). The first-order valence-electron chi connectivity index (χ1n) is 7.75. The van der Waals surface area contributed by atoms with Crippen molar-refractivity contribution >= 4 is 5.91 Å². The molecule has 0 radical (unpaired) electrons. The molecule has 3 aliphatic rings. The molecule has 102 valence electrons. The quantitative estimate of drug-likeness (QED) is 0.813. The van der Waals surface area contributed by atoms with Gasteiger partial charge in [0.1, 0.15) is 0 Å². The molecule has 3 heteroatoms. The van der Waals surface area contributed by atoms with Gasteiger partial charge in [0.2, 0.25) is 5.91 Å². The van der Waals surface area contributed by atoms with Crippen molar-refractivity contribution in [2.45, 2.75) is 45.4 Å². The lowest BCUT2D eigenvalue weighted by atomic mass is 9.77. The zero-order valence-corrected chi connectivity index (χ0v) is 11.6. The molecule has 0 spiro atoms. The van der Waals surface area contributed by atoms with E-state index in [4.69, 9.17) is 0 Å². The molecular formula is C15H26N2O. The standard InChI is InChI=1S/C15H26N2O/c1-2-15(7-4-8-16-11-15)14(18)17-9-12-5-3-6-13(12)10-17/h12-13,16H,2-11H2,1H3. The van der Waals surface area contributed by atoms with Gasteiger partial charge in [-0.1, -0.05) is 13.3 Å². The third-order valence-electron chi connectivity index (χ3n) is 5.62. The molecule has 1 N–H and O–H groups in total. The van der Waals surface area contributed by atoms with Gasteiger partial charge < -0.3 is 10.2 Å². The Bertz CT molecular complexity index is 310. The second kappa shape index (κ2) is 4.84. The summed E-state index contributed by atoms with van der Waals surface area (Å²) in [6.07, 6.45) is 7.32. The van der Waals surface area contributed by atoms with E-state index >= 15 is 0 Å². The number of piperidine rings is 1. The van der Waals surface area contributed by atoms with E-state index in [9.17, 15) is 4.79 Å². The Kier molecular flexibility index (Phi) is 3.35. The molecule has 2 aliphatic heterocycles. The lowest BCUT2D eigenvalue weighted by Crippen LogP contribution is -2.51. The zero-order chi connectivity index (χ0) is 12.6. The van der Waals surface area contributed by atoms with Gasteiger partial charge in [-0.15, -0.1) is 0 Å². The Balaban J connectivity index is 1.69. The third kappa shape index (κ3) is 1.97. The monoisotopic (exact) mass is 250 g/mol. The van der Waals surface area contributed by atoms with Crippen molar-refractivity contribution in [2.75, 3.05) is 26.2 Å². The van der Waals surface area contributed by atoms with Crippen LogP contribution in [0.4, 0.5) is 0 Å². The van der Waals surface area contributed by atoms with Crippen molar-refractivity contribution in [2.24, 2.45) is 17.3 Å². The van der Waals surface area contributed by atoms with Gasteiger partial charge in [-0.2, -0.15) is 0 Å². The summed E-state index contributed by atoms with van der Waals surface area (Å²) in [5.74, 6) is 2.09. The minimum atomic E-state index is -0.0864. The number of carbonyl (C=O) groups is 1. The molecule has 1 aliphatic carbocycles. The lowest BCUT2D eigenvalue weighted by Gasteiger charge is -2.38. The minimum absolute atomic E-state index is 0.0864. The Morgan fingerprint density at radius 2 is 2.00 bits per heavy atom. The molecule has 0 aromatic carbocycles. The molecular weight excluding hydrogens is 224 g/mol. The lowest BCUT2D eigenvalue weighted by molar-refractivity contribution is -0.142. The minimum Gasteiger partial charge on any atom is -0.342 e. The summed E-state index contributed by atoms with van der Waals surface area (Å²) in [7, 11) is 0. The molecule has 3 nitrogen and oxygen atoms in total. The van der Waals surface area contributed by atoms with Crippen LogP contribution in [0.25, 0.3) is 0 Å². The predicted molar refractivity (Wildman–Crippen MR) is 72.2 cm³/mol. The fourth-order valence-corrected chi connectivity index (χ4v) is 4.34. The van der Waals surface area contributed by atoms with Crippen LogP contribution in [-0.4, -0.2) is 37.0 Å². The van der Waals surface area contributed by atoms with Gasteiger partial charge in [0.15, 0.2) is 0 Å². The van der Waals surface area contributed by atoms with Crippen molar-refractivity contribution in [3.63, 3.8) is 0 Å². The fraction of sp³-hybridized carbons (Fsp3) is 0.933. The average Bonchev–Trinajstić information content (AvgIpc) is 2.99. The normalized spacial score (nSPS) is 39.9. The highest BCUT2D eigenvalue weighted by Gasteiger charge is 2.45. The van der Waals surface area contributed by atoms with Gasteiger partial charge in [0, 0.05) is 19.6 Å². The Morgan fingerprint density at radius 1 is 1.28 bits per heavy atom. The third-order valence-corrected chi connectivity index (χ3v) is 5.62. The number of fused-ring (bicyclic) bond motifs is 1. The van der Waals surface area contributed by atoms with Crippen molar-refractivity contribution in [3.8, 4) is 0 Å². The van der Waals surface area contributed by atoms with Crippen LogP contribution in [-0.2, 0) is 4.79 Å². The number of nitrogens with one attached hydrogen (secondary N) is 1. The molecule has 0 aromatic rings. The average molecular weight is 250 g/mol. The van der Waals surface area contributed by atoms with E-state index in [1.807, 2.05) is 0 Å². The number of rotatable bonds is 2. The van der Waals surface area contributed by atoms with Crippen LogP contribution < -0.4 is 5.32 Å². The summed E-state index contributed by atoms with van der Waals surface area (Å²) < 4.78 is 0. The van der Waals surface area contributed by atoms with E-state index in [0.29, 0.717) is 5.91 Å². The fourth-order valence-electron chi connectivity index (χ4n) is 4.34. The summed E-state index contributed by atoms with van der Waals surface area (Å²) >= 11 is 0. The van der Waals surface area contributed by atoms with Crippen LogP contribution in [0.1, 0.15) is 45.4 Å². The van der Waals surface area contributed by atoms with Crippen molar-refractivity contribution < 1.29 is 4.79 Å². The molecule has 3 fully saturated rings. The smallest absolute Gasteiger partial charge is 0.230 e. The van der Waals surface area contributed by atoms with Gasteiger partial charge >= 0.3 is 0 Å². The molecule has 2 heterocycles. The van der Waals surface area contributed by atoms with E-state index < -0.39 is 0 Å². The number of hydrogen-bond donors (Lipinski definition) is 1. The molecule has 3 unspecified atom stereocenters. The zero-order valence-electron chi connectivity index (χ0n) is 11.6. The van der Waals surface area contributed by atoms with E-state index in [1.54, 1.807) is 0 Å². The van der Waals surface area contributed by atoms with Crippen molar-refractivity contribution in [1.29, 1.82) is 0 Å². The highest BCUT2D eigenvalue weighted by atomic mass is 16.2. The highest BCUT2D eigenvalue weighted by Crippen LogP contribution is 2.41. The summed E-state index contributed by atoms with van der Waals surface area (Å²) in [4.78, 5) is 15.1. The van der Waals surface area contributed by atoms with E-state index in [2.05, 4.69) is 17.1 Å². The molecule has 3 atom stereocenters.